The number of hydrogen-bond acceptors (Lipinski definition) is 3. The molecule has 2 rings (SSSR count). The zero-order chi connectivity index (χ0) is 18.8. The van der Waals surface area contributed by atoms with Crippen LogP contribution in [0, 0.1) is 6.92 Å². The van der Waals surface area contributed by atoms with Crippen molar-refractivity contribution in [2.24, 2.45) is 0 Å². The fourth-order valence-electron chi connectivity index (χ4n) is 2.15. The molecule has 0 radical (unpaired) electrons. The standard InChI is InChI=1S/C16H15Cl3N2O3S/c1-10-8-11(17)6-7-13(10)20-15(22)9-21(25(2,23)24)14-5-3-4-12(18)16(14)19/h3-8H,9H2,1-2H3,(H,20,22). The third-order valence-electron chi connectivity index (χ3n) is 3.35. The number of nitrogens with one attached hydrogen (secondary N) is 1. The molecule has 0 saturated carbocycles. The summed E-state index contributed by atoms with van der Waals surface area (Å²) in [6.07, 6.45) is 0.991. The van der Waals surface area contributed by atoms with Gasteiger partial charge in [0.05, 0.1) is 22.0 Å². The van der Waals surface area contributed by atoms with Gasteiger partial charge in [-0.2, -0.15) is 0 Å². The molecular weight excluding hydrogens is 407 g/mol. The number of nitrogens with zero attached hydrogens (tertiary/aromatic N) is 1. The van der Waals surface area contributed by atoms with Gasteiger partial charge in [-0.15, -0.1) is 0 Å². The number of benzene rings is 2. The topological polar surface area (TPSA) is 66.5 Å². The van der Waals surface area contributed by atoms with Crippen molar-refractivity contribution in [1.29, 1.82) is 0 Å². The van der Waals surface area contributed by atoms with Crippen molar-refractivity contribution in [2.45, 2.75) is 6.92 Å². The van der Waals surface area contributed by atoms with Gasteiger partial charge in [0.15, 0.2) is 0 Å². The first kappa shape index (κ1) is 19.8. The first-order chi connectivity index (χ1) is 11.6. The van der Waals surface area contributed by atoms with Crippen LogP contribution in [0.5, 0.6) is 0 Å². The number of halogens is 3. The molecule has 0 saturated heterocycles. The highest BCUT2D eigenvalue weighted by Gasteiger charge is 2.24. The van der Waals surface area contributed by atoms with E-state index < -0.39 is 22.5 Å². The quantitative estimate of drug-likeness (QED) is 0.780. The lowest BCUT2D eigenvalue weighted by Crippen LogP contribution is -2.37. The van der Waals surface area contributed by atoms with Gasteiger partial charge in [0.2, 0.25) is 15.9 Å². The molecule has 25 heavy (non-hydrogen) atoms. The van der Waals surface area contributed by atoms with E-state index in [1.165, 1.54) is 12.1 Å². The normalized spacial score (nSPS) is 11.2. The Morgan fingerprint density at radius 3 is 2.44 bits per heavy atom. The number of sulfonamides is 1. The molecule has 0 aromatic heterocycles. The third kappa shape index (κ3) is 5.01. The van der Waals surface area contributed by atoms with Crippen LogP contribution in [0.15, 0.2) is 36.4 Å². The summed E-state index contributed by atoms with van der Waals surface area (Å²) in [5.41, 5.74) is 1.44. The van der Waals surface area contributed by atoms with E-state index in [0.717, 1.165) is 16.1 Å². The average Bonchev–Trinajstić information content (AvgIpc) is 2.50. The van der Waals surface area contributed by atoms with Crippen LogP contribution in [-0.4, -0.2) is 27.1 Å². The van der Waals surface area contributed by atoms with Gasteiger partial charge in [0.25, 0.3) is 0 Å². The Morgan fingerprint density at radius 1 is 1.16 bits per heavy atom. The number of aryl methyl sites for hydroxylation is 1. The molecule has 134 valence electrons. The van der Waals surface area contributed by atoms with E-state index >= 15 is 0 Å². The Kier molecular flexibility index (Phi) is 6.21. The van der Waals surface area contributed by atoms with Gasteiger partial charge in [-0.05, 0) is 42.8 Å². The van der Waals surface area contributed by atoms with Crippen molar-refractivity contribution in [3.05, 3.63) is 57.0 Å². The molecular formula is C16H15Cl3N2O3S. The summed E-state index contributed by atoms with van der Waals surface area (Å²) in [5, 5.41) is 3.46. The Bertz CT molecular complexity index is 917. The summed E-state index contributed by atoms with van der Waals surface area (Å²) in [6, 6.07) is 9.54. The minimum absolute atomic E-state index is 0.0602. The lowest BCUT2D eigenvalue weighted by Gasteiger charge is -2.23. The maximum Gasteiger partial charge on any atom is 0.245 e. The molecule has 0 bridgehead atoms. The van der Waals surface area contributed by atoms with Gasteiger partial charge >= 0.3 is 0 Å². The second-order valence-electron chi connectivity index (χ2n) is 5.35. The fraction of sp³-hybridized carbons (Fsp3) is 0.188. The highest BCUT2D eigenvalue weighted by atomic mass is 35.5. The van der Waals surface area contributed by atoms with Crippen LogP contribution >= 0.6 is 34.8 Å². The number of anilines is 2. The van der Waals surface area contributed by atoms with Crippen molar-refractivity contribution in [1.82, 2.24) is 0 Å². The van der Waals surface area contributed by atoms with Crippen molar-refractivity contribution >= 4 is 62.1 Å². The number of hydrogen-bond donors (Lipinski definition) is 1. The van der Waals surface area contributed by atoms with Crippen LogP contribution in [-0.2, 0) is 14.8 Å². The summed E-state index contributed by atoms with van der Waals surface area (Å²) in [7, 11) is -3.75. The van der Waals surface area contributed by atoms with E-state index in [1.54, 1.807) is 31.2 Å². The maximum atomic E-state index is 12.3. The molecule has 2 aromatic rings. The van der Waals surface area contributed by atoms with Crippen molar-refractivity contribution in [3.63, 3.8) is 0 Å². The van der Waals surface area contributed by atoms with E-state index in [4.69, 9.17) is 34.8 Å². The molecule has 2 aromatic carbocycles. The van der Waals surface area contributed by atoms with E-state index in [0.29, 0.717) is 10.7 Å². The summed E-state index contributed by atoms with van der Waals surface area (Å²) < 4.78 is 25.1. The zero-order valence-electron chi connectivity index (χ0n) is 13.4. The molecule has 1 N–H and O–H groups in total. The Hall–Kier alpha value is -1.47. The van der Waals surface area contributed by atoms with Crippen LogP contribution in [0.25, 0.3) is 0 Å². The highest BCUT2D eigenvalue weighted by Crippen LogP contribution is 2.33. The molecule has 1 amide bonds. The molecule has 0 spiro atoms. The van der Waals surface area contributed by atoms with Crippen LogP contribution in [0.2, 0.25) is 15.1 Å². The van der Waals surface area contributed by atoms with E-state index in [1.807, 2.05) is 0 Å². The number of rotatable bonds is 5. The second-order valence-corrected chi connectivity index (χ2v) is 8.48. The Balaban J connectivity index is 2.29. The van der Waals surface area contributed by atoms with Gasteiger partial charge in [0.1, 0.15) is 6.54 Å². The molecule has 0 aliphatic heterocycles. The van der Waals surface area contributed by atoms with E-state index in [-0.39, 0.29) is 15.7 Å². The van der Waals surface area contributed by atoms with Gasteiger partial charge in [0, 0.05) is 10.7 Å². The maximum absolute atomic E-state index is 12.3. The van der Waals surface area contributed by atoms with Crippen molar-refractivity contribution in [2.75, 3.05) is 22.4 Å². The highest BCUT2D eigenvalue weighted by molar-refractivity contribution is 7.92. The Morgan fingerprint density at radius 2 is 1.84 bits per heavy atom. The number of amides is 1. The second kappa shape index (κ2) is 7.83. The summed E-state index contributed by atoms with van der Waals surface area (Å²) >= 11 is 17.9. The average molecular weight is 422 g/mol. The predicted octanol–water partition coefficient (Wildman–Crippen LogP) is 4.36. The fourth-order valence-corrected chi connectivity index (χ4v) is 3.69. The monoisotopic (exact) mass is 420 g/mol. The summed E-state index contributed by atoms with van der Waals surface area (Å²) in [4.78, 5) is 12.3. The summed E-state index contributed by atoms with van der Waals surface area (Å²) in [5.74, 6) is -0.521. The molecule has 5 nitrogen and oxygen atoms in total. The van der Waals surface area contributed by atoms with Gasteiger partial charge in [-0.1, -0.05) is 40.9 Å². The lowest BCUT2D eigenvalue weighted by molar-refractivity contribution is -0.114. The van der Waals surface area contributed by atoms with Crippen LogP contribution in [0.1, 0.15) is 5.56 Å². The Labute approximate surface area is 161 Å². The predicted molar refractivity (Wildman–Crippen MR) is 103 cm³/mol. The minimum Gasteiger partial charge on any atom is -0.324 e. The van der Waals surface area contributed by atoms with Gasteiger partial charge in [-0.3, -0.25) is 9.10 Å². The lowest BCUT2D eigenvalue weighted by atomic mass is 10.2. The van der Waals surface area contributed by atoms with Crippen molar-refractivity contribution < 1.29 is 13.2 Å². The molecule has 0 atom stereocenters. The molecule has 0 heterocycles. The summed E-state index contributed by atoms with van der Waals surface area (Å²) in [6.45, 7) is 1.34. The molecule has 0 aliphatic carbocycles. The number of carbonyl (C=O) groups is 1. The minimum atomic E-state index is -3.75. The molecule has 0 aliphatic rings. The third-order valence-corrected chi connectivity index (χ3v) is 5.52. The first-order valence-corrected chi connectivity index (χ1v) is 10.1. The zero-order valence-corrected chi connectivity index (χ0v) is 16.5. The molecule has 0 fully saturated rings. The van der Waals surface area contributed by atoms with E-state index in [2.05, 4.69) is 5.32 Å². The first-order valence-electron chi connectivity index (χ1n) is 7.07. The van der Waals surface area contributed by atoms with Crippen LogP contribution in [0.4, 0.5) is 11.4 Å². The van der Waals surface area contributed by atoms with Gasteiger partial charge < -0.3 is 5.32 Å². The number of carbonyl (C=O) groups excluding carboxylic acids is 1. The van der Waals surface area contributed by atoms with E-state index in [9.17, 15) is 13.2 Å². The molecule has 9 heteroatoms. The van der Waals surface area contributed by atoms with Gasteiger partial charge in [-0.25, -0.2) is 8.42 Å². The SMILES string of the molecule is Cc1cc(Cl)ccc1NC(=O)CN(c1cccc(Cl)c1Cl)S(C)(=O)=O. The molecule has 0 unspecified atom stereocenters. The largest absolute Gasteiger partial charge is 0.324 e. The van der Waals surface area contributed by atoms with Crippen molar-refractivity contribution in [3.8, 4) is 0 Å². The van der Waals surface area contributed by atoms with Crippen LogP contribution < -0.4 is 9.62 Å². The smallest absolute Gasteiger partial charge is 0.245 e. The van der Waals surface area contributed by atoms with Crippen LogP contribution in [0.3, 0.4) is 0 Å².